The lowest BCUT2D eigenvalue weighted by atomic mass is 10.00. The highest BCUT2D eigenvalue weighted by Gasteiger charge is 2.48. The zero-order valence-electron chi connectivity index (χ0n) is 22.5. The Kier molecular flexibility index (Phi) is 7.13. The Labute approximate surface area is 216 Å². The number of aromatic nitrogens is 2. The predicted molar refractivity (Wildman–Crippen MR) is 132 cm³/mol. The minimum atomic E-state index is -4.48. The van der Waals surface area contributed by atoms with E-state index in [2.05, 4.69) is 9.97 Å². The van der Waals surface area contributed by atoms with Gasteiger partial charge in [0.25, 0.3) is 0 Å². The highest BCUT2D eigenvalue weighted by Crippen LogP contribution is 2.39. The number of nitrogens with zero attached hydrogens (tertiary/aromatic N) is 5. The fraction of sp³-hybridized carbons (Fsp3) is 0.769. The zero-order valence-corrected chi connectivity index (χ0v) is 22.5. The van der Waals surface area contributed by atoms with Crippen molar-refractivity contribution in [2.24, 2.45) is 5.92 Å². The van der Waals surface area contributed by atoms with Crippen LogP contribution in [0.3, 0.4) is 0 Å². The highest BCUT2D eigenvalue weighted by atomic mass is 19.4. The molecule has 2 saturated heterocycles. The number of alkyl halides is 3. The van der Waals surface area contributed by atoms with E-state index in [1.54, 1.807) is 4.90 Å². The van der Waals surface area contributed by atoms with Crippen LogP contribution in [0, 0.1) is 5.92 Å². The van der Waals surface area contributed by atoms with Gasteiger partial charge < -0.3 is 19.4 Å². The minimum absolute atomic E-state index is 0.0271. The summed E-state index contributed by atoms with van der Waals surface area (Å²) in [6.07, 6.45) is 0.514. The fourth-order valence-corrected chi connectivity index (χ4v) is 5.97. The van der Waals surface area contributed by atoms with E-state index in [1.807, 2.05) is 51.3 Å². The molecule has 0 spiro atoms. The number of halogens is 3. The van der Waals surface area contributed by atoms with Crippen molar-refractivity contribution in [3.63, 3.8) is 0 Å². The second-order valence-corrected chi connectivity index (χ2v) is 12.5. The molecule has 1 aromatic heterocycles. The molecule has 4 atom stereocenters. The lowest BCUT2D eigenvalue weighted by Crippen LogP contribution is -2.57. The summed E-state index contributed by atoms with van der Waals surface area (Å²) in [6, 6.07) is -0.134. The fourth-order valence-electron chi connectivity index (χ4n) is 5.97. The maximum absolute atomic E-state index is 13.7. The molecule has 1 aliphatic carbocycles. The number of rotatable bonds is 3. The molecule has 0 N–H and O–H groups in total. The van der Waals surface area contributed by atoms with Gasteiger partial charge in [0.1, 0.15) is 5.60 Å². The maximum Gasteiger partial charge on any atom is 0.419 e. The zero-order chi connectivity index (χ0) is 27.3. The van der Waals surface area contributed by atoms with E-state index in [0.29, 0.717) is 25.9 Å². The van der Waals surface area contributed by atoms with E-state index in [9.17, 15) is 22.8 Å². The van der Waals surface area contributed by atoms with E-state index >= 15 is 0 Å². The Morgan fingerprint density at radius 1 is 0.946 bits per heavy atom. The number of carbonyl (C=O) groups excluding carboxylic acids is 2. The van der Waals surface area contributed by atoms with Gasteiger partial charge in [-0.15, -0.1) is 0 Å². The first kappa shape index (κ1) is 27.4. The van der Waals surface area contributed by atoms with Gasteiger partial charge >= 0.3 is 12.3 Å². The first-order valence-electron chi connectivity index (χ1n) is 13.0. The number of hydrogen-bond acceptors (Lipinski definition) is 6. The largest absolute Gasteiger partial charge is 0.444 e. The summed E-state index contributed by atoms with van der Waals surface area (Å²) in [7, 11) is 0. The molecule has 11 heteroatoms. The predicted octanol–water partition coefficient (Wildman–Crippen LogP) is 4.88. The van der Waals surface area contributed by atoms with Crippen LogP contribution in [0.5, 0.6) is 0 Å². The molecule has 2 amide bonds. The highest BCUT2D eigenvalue weighted by molar-refractivity contribution is 5.81. The average Bonchev–Trinajstić information content (AvgIpc) is 3.32. The first-order chi connectivity index (χ1) is 17.0. The monoisotopic (exact) mass is 525 g/mol. The Bertz CT molecular complexity index is 989. The van der Waals surface area contributed by atoms with Gasteiger partial charge in [-0.05, 0) is 73.6 Å². The minimum Gasteiger partial charge on any atom is -0.444 e. The van der Waals surface area contributed by atoms with Crippen LogP contribution in [0.2, 0.25) is 0 Å². The molecule has 0 aromatic carbocycles. The lowest BCUT2D eigenvalue weighted by molar-refractivity contribution is -0.139. The molecular formula is C26H38F3N5O3. The van der Waals surface area contributed by atoms with Gasteiger partial charge in [0.15, 0.2) is 0 Å². The van der Waals surface area contributed by atoms with Gasteiger partial charge in [-0.2, -0.15) is 13.2 Å². The molecule has 37 heavy (non-hydrogen) atoms. The van der Waals surface area contributed by atoms with Crippen LogP contribution in [-0.2, 0) is 15.7 Å². The summed E-state index contributed by atoms with van der Waals surface area (Å²) in [5.41, 5.74) is -1.93. The van der Waals surface area contributed by atoms with Crippen molar-refractivity contribution in [1.82, 2.24) is 19.8 Å². The van der Waals surface area contributed by atoms with Gasteiger partial charge in [0, 0.05) is 55.1 Å². The molecule has 3 fully saturated rings. The summed E-state index contributed by atoms with van der Waals surface area (Å²) in [5, 5.41) is 0. The van der Waals surface area contributed by atoms with Crippen molar-refractivity contribution in [3.8, 4) is 0 Å². The summed E-state index contributed by atoms with van der Waals surface area (Å²) >= 11 is 0. The van der Waals surface area contributed by atoms with Gasteiger partial charge in [-0.3, -0.25) is 4.79 Å². The number of ether oxygens (including phenoxy) is 1. The number of anilines is 1. The molecule has 1 saturated carbocycles. The van der Waals surface area contributed by atoms with E-state index < -0.39 is 22.9 Å². The average molecular weight is 526 g/mol. The summed E-state index contributed by atoms with van der Waals surface area (Å²) in [4.78, 5) is 40.3. The van der Waals surface area contributed by atoms with E-state index in [0.717, 1.165) is 31.7 Å². The first-order valence-corrected chi connectivity index (χ1v) is 13.0. The summed E-state index contributed by atoms with van der Waals surface area (Å²) < 4.78 is 44.3. The molecule has 8 nitrogen and oxygen atoms in total. The van der Waals surface area contributed by atoms with Crippen molar-refractivity contribution in [1.29, 1.82) is 0 Å². The van der Waals surface area contributed by atoms with Crippen molar-refractivity contribution in [2.45, 2.75) is 109 Å². The quantitative estimate of drug-likeness (QED) is 0.560. The Balaban J connectivity index is 1.42. The number of carbonyl (C=O) groups is 2. The van der Waals surface area contributed by atoms with Gasteiger partial charge in [0.05, 0.1) is 5.56 Å². The summed E-state index contributed by atoms with van der Waals surface area (Å²) in [5.74, 6) is 0.200. The van der Waals surface area contributed by atoms with Crippen LogP contribution in [0.15, 0.2) is 12.4 Å². The number of amides is 2. The van der Waals surface area contributed by atoms with Crippen LogP contribution >= 0.6 is 0 Å². The van der Waals surface area contributed by atoms with Crippen LogP contribution in [-0.4, -0.2) is 74.1 Å². The van der Waals surface area contributed by atoms with E-state index in [4.69, 9.17) is 4.74 Å². The Hall–Kier alpha value is -2.59. The SMILES string of the molecule is CC(C)(C)OC(=O)N([C@H]1CC[C@H](C(=O)N2C3CCC2CN(c2ncc(C(F)(F)F)cn2)C3)C1)C(C)(C)C. The molecule has 0 radical (unpaired) electrons. The van der Waals surface area contributed by atoms with Crippen molar-refractivity contribution in [3.05, 3.63) is 18.0 Å². The topological polar surface area (TPSA) is 78.9 Å². The lowest BCUT2D eigenvalue weighted by Gasteiger charge is -2.42. The maximum atomic E-state index is 13.7. The van der Waals surface area contributed by atoms with Crippen LogP contribution < -0.4 is 4.90 Å². The number of piperazine rings is 1. The molecule has 4 rings (SSSR count). The molecule has 2 aliphatic heterocycles. The van der Waals surface area contributed by atoms with E-state index in [-0.39, 0.29) is 42.0 Å². The number of fused-ring (bicyclic) bond motifs is 2. The third-order valence-corrected chi connectivity index (χ3v) is 7.42. The summed E-state index contributed by atoms with van der Waals surface area (Å²) in [6.45, 7) is 12.5. The third-order valence-electron chi connectivity index (χ3n) is 7.42. The van der Waals surface area contributed by atoms with Crippen molar-refractivity contribution < 1.29 is 27.5 Å². The normalized spacial score (nSPS) is 26.4. The standard InChI is InChI=1S/C26H38F3N5O3/c1-24(2,3)34(23(36)37-25(4,5)6)18-8-7-16(11-18)21(35)33-19-9-10-20(33)15-32(14-19)22-30-12-17(13-31-22)26(27,28)29/h12-13,16,18-20H,7-11,14-15H2,1-6H3/t16-,18-,19?,20?/m0/s1. The molecule has 2 bridgehead atoms. The van der Waals surface area contributed by atoms with Crippen LogP contribution in [0.25, 0.3) is 0 Å². The smallest absolute Gasteiger partial charge is 0.419 e. The van der Waals surface area contributed by atoms with Gasteiger partial charge in [-0.1, -0.05) is 0 Å². The van der Waals surface area contributed by atoms with Crippen molar-refractivity contribution in [2.75, 3.05) is 18.0 Å². The molecule has 3 heterocycles. The third kappa shape index (κ3) is 5.95. The Morgan fingerprint density at radius 2 is 1.51 bits per heavy atom. The van der Waals surface area contributed by atoms with E-state index in [1.165, 1.54) is 0 Å². The van der Waals surface area contributed by atoms with Gasteiger partial charge in [0.2, 0.25) is 11.9 Å². The second-order valence-electron chi connectivity index (χ2n) is 12.5. The van der Waals surface area contributed by atoms with Crippen LogP contribution in [0.1, 0.15) is 79.2 Å². The number of hydrogen-bond donors (Lipinski definition) is 0. The second kappa shape index (κ2) is 9.62. The molecule has 2 unspecified atom stereocenters. The van der Waals surface area contributed by atoms with Gasteiger partial charge in [-0.25, -0.2) is 14.8 Å². The molecule has 3 aliphatic rings. The van der Waals surface area contributed by atoms with Crippen LogP contribution in [0.4, 0.5) is 23.9 Å². The molecular weight excluding hydrogens is 487 g/mol. The molecule has 206 valence electrons. The van der Waals surface area contributed by atoms with Crippen molar-refractivity contribution >= 4 is 17.9 Å². The molecule has 1 aromatic rings. The Morgan fingerprint density at radius 3 is 2.00 bits per heavy atom.